The van der Waals surface area contributed by atoms with Crippen molar-refractivity contribution in [3.8, 4) is 0 Å². The third-order valence-corrected chi connectivity index (χ3v) is 5.64. The van der Waals surface area contributed by atoms with Gasteiger partial charge in [-0.1, -0.05) is 12.8 Å². The molecule has 0 unspecified atom stereocenters. The molecule has 0 spiro atoms. The Morgan fingerprint density at radius 2 is 1.65 bits per heavy atom. The van der Waals surface area contributed by atoms with E-state index >= 15 is 0 Å². The maximum absolute atomic E-state index is 12.4. The summed E-state index contributed by atoms with van der Waals surface area (Å²) in [5, 5.41) is 0. The summed E-state index contributed by atoms with van der Waals surface area (Å²) in [5.41, 5.74) is 0. The molecule has 0 amide bonds. The smallest absolute Gasteiger partial charge is 0.279 e. The summed E-state index contributed by atoms with van der Waals surface area (Å²) in [6.45, 7) is 7.24. The second kappa shape index (κ2) is 7.70. The molecule has 118 valence electrons. The van der Waals surface area contributed by atoms with Crippen LogP contribution in [-0.4, -0.2) is 69.6 Å². The first kappa shape index (κ1) is 16.2. The van der Waals surface area contributed by atoms with Gasteiger partial charge in [0, 0.05) is 38.8 Å². The minimum atomic E-state index is -3.33. The van der Waals surface area contributed by atoms with Gasteiger partial charge < -0.3 is 4.74 Å². The quantitative estimate of drug-likeness (QED) is 0.799. The van der Waals surface area contributed by atoms with Crippen LogP contribution in [0, 0.1) is 0 Å². The maximum Gasteiger partial charge on any atom is 0.279 e. The van der Waals surface area contributed by atoms with Gasteiger partial charge in [-0.2, -0.15) is 17.4 Å². The van der Waals surface area contributed by atoms with Crippen molar-refractivity contribution >= 4 is 10.2 Å². The first-order chi connectivity index (χ1) is 9.58. The van der Waals surface area contributed by atoms with Crippen molar-refractivity contribution in [3.05, 3.63) is 0 Å². The molecule has 1 atom stereocenters. The zero-order valence-corrected chi connectivity index (χ0v) is 13.2. The van der Waals surface area contributed by atoms with Crippen molar-refractivity contribution in [1.82, 2.24) is 13.9 Å². The normalized spacial score (nSPS) is 25.2. The first-order valence-corrected chi connectivity index (χ1v) is 9.09. The molecule has 0 radical (unpaired) electrons. The van der Waals surface area contributed by atoms with E-state index in [1.165, 1.54) is 0 Å². The van der Waals surface area contributed by atoms with Gasteiger partial charge in [-0.25, -0.2) is 0 Å². The molecule has 2 saturated heterocycles. The highest BCUT2D eigenvalue weighted by Crippen LogP contribution is 2.12. The van der Waals surface area contributed by atoms with Gasteiger partial charge in [0.2, 0.25) is 0 Å². The molecule has 2 aliphatic heterocycles. The average Bonchev–Trinajstić information content (AvgIpc) is 2.68. The second-order valence-electron chi connectivity index (χ2n) is 5.75. The van der Waals surface area contributed by atoms with Crippen molar-refractivity contribution in [3.63, 3.8) is 0 Å². The second-order valence-corrected chi connectivity index (χ2v) is 7.45. The van der Waals surface area contributed by atoms with E-state index in [1.54, 1.807) is 4.31 Å². The zero-order chi connectivity index (χ0) is 14.4. The fourth-order valence-electron chi connectivity index (χ4n) is 2.82. The minimum Gasteiger partial charge on any atom is -0.379 e. The predicted octanol–water partition coefficient (Wildman–Crippen LogP) is 0.418. The van der Waals surface area contributed by atoms with Crippen molar-refractivity contribution in [1.29, 1.82) is 0 Å². The van der Waals surface area contributed by atoms with Crippen LogP contribution in [0.2, 0.25) is 0 Å². The Labute approximate surface area is 122 Å². The number of nitrogens with one attached hydrogen (secondary N) is 1. The van der Waals surface area contributed by atoms with Gasteiger partial charge in [0.1, 0.15) is 0 Å². The zero-order valence-electron chi connectivity index (χ0n) is 12.4. The van der Waals surface area contributed by atoms with Crippen molar-refractivity contribution in [2.75, 3.05) is 45.9 Å². The third-order valence-electron chi connectivity index (χ3n) is 3.89. The summed E-state index contributed by atoms with van der Waals surface area (Å²) in [5.74, 6) is 0. The van der Waals surface area contributed by atoms with Crippen LogP contribution < -0.4 is 4.72 Å². The van der Waals surface area contributed by atoms with Crippen LogP contribution in [0.3, 0.4) is 0 Å². The summed E-state index contributed by atoms with van der Waals surface area (Å²) in [6, 6.07) is -0.0682. The largest absolute Gasteiger partial charge is 0.379 e. The highest BCUT2D eigenvalue weighted by atomic mass is 32.2. The summed E-state index contributed by atoms with van der Waals surface area (Å²) < 4.78 is 34.5. The number of morpholine rings is 1. The van der Waals surface area contributed by atoms with Gasteiger partial charge in [0.05, 0.1) is 13.2 Å². The molecule has 0 aromatic carbocycles. The Morgan fingerprint density at radius 3 is 2.25 bits per heavy atom. The van der Waals surface area contributed by atoms with Crippen LogP contribution in [0.25, 0.3) is 0 Å². The van der Waals surface area contributed by atoms with Crippen molar-refractivity contribution in [2.24, 2.45) is 0 Å². The summed E-state index contributed by atoms with van der Waals surface area (Å²) in [7, 11) is -3.33. The molecule has 0 saturated carbocycles. The number of hydrogen-bond acceptors (Lipinski definition) is 4. The molecule has 0 aromatic rings. The lowest BCUT2D eigenvalue weighted by Gasteiger charge is -2.30. The van der Waals surface area contributed by atoms with Crippen LogP contribution in [0.4, 0.5) is 0 Å². The molecule has 0 aliphatic carbocycles. The first-order valence-electron chi connectivity index (χ1n) is 7.65. The van der Waals surface area contributed by atoms with Crippen LogP contribution in [0.15, 0.2) is 0 Å². The maximum atomic E-state index is 12.4. The Balaban J connectivity index is 1.82. The molecule has 2 aliphatic rings. The van der Waals surface area contributed by atoms with E-state index in [9.17, 15) is 8.42 Å². The van der Waals surface area contributed by atoms with Crippen molar-refractivity contribution < 1.29 is 13.2 Å². The lowest BCUT2D eigenvalue weighted by molar-refractivity contribution is 0.0353. The van der Waals surface area contributed by atoms with E-state index in [-0.39, 0.29) is 6.04 Å². The fraction of sp³-hybridized carbons (Fsp3) is 1.00. The van der Waals surface area contributed by atoms with E-state index in [0.29, 0.717) is 13.1 Å². The fourth-order valence-corrected chi connectivity index (χ4v) is 4.29. The van der Waals surface area contributed by atoms with E-state index in [4.69, 9.17) is 4.74 Å². The lowest BCUT2D eigenvalue weighted by atomic mass is 10.2. The molecule has 1 N–H and O–H groups in total. The van der Waals surface area contributed by atoms with Crippen LogP contribution in [0.1, 0.15) is 32.6 Å². The van der Waals surface area contributed by atoms with Gasteiger partial charge in [-0.05, 0) is 19.8 Å². The average molecular weight is 305 g/mol. The SMILES string of the molecule is C[C@@H](CN1CCOCC1)NS(=O)(=O)N1CCCCCC1. The number of nitrogens with zero attached hydrogens (tertiary/aromatic N) is 2. The third kappa shape index (κ3) is 4.96. The van der Waals surface area contributed by atoms with E-state index < -0.39 is 10.2 Å². The standard InChI is InChI=1S/C13H27N3O3S/c1-13(12-15-8-10-19-11-9-15)14-20(17,18)16-6-4-2-3-5-7-16/h13-14H,2-12H2,1H3/t13-/m0/s1. The van der Waals surface area contributed by atoms with Gasteiger partial charge in [-0.3, -0.25) is 4.90 Å². The molecular formula is C13H27N3O3S. The van der Waals surface area contributed by atoms with Crippen LogP contribution in [0.5, 0.6) is 0 Å². The van der Waals surface area contributed by atoms with Gasteiger partial charge >= 0.3 is 0 Å². The number of hydrogen-bond donors (Lipinski definition) is 1. The topological polar surface area (TPSA) is 61.9 Å². The van der Waals surface area contributed by atoms with Crippen LogP contribution >= 0.6 is 0 Å². The van der Waals surface area contributed by atoms with Gasteiger partial charge in [0.15, 0.2) is 0 Å². The Kier molecular flexibility index (Phi) is 6.22. The Morgan fingerprint density at radius 1 is 1.05 bits per heavy atom. The molecule has 2 fully saturated rings. The molecule has 20 heavy (non-hydrogen) atoms. The van der Waals surface area contributed by atoms with Crippen LogP contribution in [-0.2, 0) is 14.9 Å². The number of rotatable bonds is 5. The van der Waals surface area contributed by atoms with E-state index in [2.05, 4.69) is 9.62 Å². The van der Waals surface area contributed by atoms with E-state index in [1.807, 2.05) is 6.92 Å². The molecule has 0 aromatic heterocycles. The highest BCUT2D eigenvalue weighted by Gasteiger charge is 2.25. The predicted molar refractivity (Wildman–Crippen MR) is 78.8 cm³/mol. The van der Waals surface area contributed by atoms with Crippen molar-refractivity contribution in [2.45, 2.75) is 38.6 Å². The molecule has 7 heteroatoms. The van der Waals surface area contributed by atoms with E-state index in [0.717, 1.165) is 58.5 Å². The monoisotopic (exact) mass is 305 g/mol. The molecule has 2 rings (SSSR count). The molecule has 6 nitrogen and oxygen atoms in total. The lowest BCUT2D eigenvalue weighted by Crippen LogP contribution is -2.50. The summed E-state index contributed by atoms with van der Waals surface area (Å²) in [6.07, 6.45) is 4.21. The highest BCUT2D eigenvalue weighted by molar-refractivity contribution is 7.87. The van der Waals surface area contributed by atoms with Gasteiger partial charge in [0.25, 0.3) is 10.2 Å². The Bertz CT molecular complexity index is 374. The minimum absolute atomic E-state index is 0.0682. The summed E-state index contributed by atoms with van der Waals surface area (Å²) in [4.78, 5) is 2.25. The van der Waals surface area contributed by atoms with Gasteiger partial charge in [-0.15, -0.1) is 0 Å². The molecule has 0 bridgehead atoms. The molecule has 2 heterocycles. The number of ether oxygens (including phenoxy) is 1. The molecular weight excluding hydrogens is 278 g/mol. The summed E-state index contributed by atoms with van der Waals surface area (Å²) >= 11 is 0. The Hall–Kier alpha value is -0.210.